The number of hydrogen-bond donors (Lipinski definition) is 0. The molecule has 1 aliphatic heterocycles. The summed E-state index contributed by atoms with van der Waals surface area (Å²) < 4.78 is 14.6. The molecule has 1 aliphatic carbocycles. The monoisotopic (exact) mass is 346 g/mol. The van der Waals surface area contributed by atoms with Crippen molar-refractivity contribution in [3.05, 3.63) is 22.4 Å². The van der Waals surface area contributed by atoms with Crippen molar-refractivity contribution in [3.8, 4) is 6.01 Å². The Morgan fingerprint density at radius 1 is 1.20 bits per heavy atom. The zero-order chi connectivity index (χ0) is 17.2. The number of rotatable bonds is 4. The number of ether oxygens (including phenoxy) is 2. The zero-order valence-electron chi connectivity index (χ0n) is 14.8. The van der Waals surface area contributed by atoms with E-state index in [1.165, 1.54) is 36.7 Å². The number of nitrogens with zero attached hydrogens (tertiary/aromatic N) is 4. The number of hydrogen-bond acceptors (Lipinski definition) is 5. The van der Waals surface area contributed by atoms with Gasteiger partial charge in [0, 0.05) is 26.2 Å². The molecular weight excluding hydrogens is 320 g/mol. The first-order valence-corrected chi connectivity index (χ1v) is 9.39. The second-order valence-electron chi connectivity index (χ2n) is 7.26. The minimum absolute atomic E-state index is 0.112. The van der Waals surface area contributed by atoms with Crippen LogP contribution >= 0.6 is 0 Å². The molecule has 0 aromatic carbocycles. The topological polar surface area (TPSA) is 70.7 Å². The smallest absolute Gasteiger partial charge is 0.316 e. The molecule has 1 saturated heterocycles. The average Bonchev–Trinajstić information content (AvgIpc) is 3.09. The fraction of sp³-hybridized carbons (Fsp3) is 0.722. The van der Waals surface area contributed by atoms with E-state index >= 15 is 0 Å². The van der Waals surface area contributed by atoms with Gasteiger partial charge in [0.05, 0.1) is 12.8 Å². The zero-order valence-corrected chi connectivity index (χ0v) is 14.8. The molecule has 0 amide bonds. The normalized spacial score (nSPS) is 20.2. The quantitative estimate of drug-likeness (QED) is 0.849. The Morgan fingerprint density at radius 3 is 2.72 bits per heavy atom. The first-order chi connectivity index (χ1) is 12.2. The summed E-state index contributed by atoms with van der Waals surface area (Å²) in [5, 5.41) is 4.61. The van der Waals surface area contributed by atoms with E-state index in [0.717, 1.165) is 31.9 Å². The Hall–Kier alpha value is -1.89. The molecule has 2 aliphatic rings. The average molecular weight is 346 g/mol. The van der Waals surface area contributed by atoms with E-state index in [2.05, 4.69) is 10.1 Å². The minimum atomic E-state index is -0.112. The molecule has 3 heterocycles. The molecule has 2 aromatic heterocycles. The van der Waals surface area contributed by atoms with Crippen molar-refractivity contribution < 1.29 is 9.47 Å². The summed E-state index contributed by atoms with van der Waals surface area (Å²) in [5.41, 5.74) is 0.397. The number of fused-ring (bicyclic) bond motifs is 1. The third-order valence-electron chi connectivity index (χ3n) is 5.52. The highest BCUT2D eigenvalue weighted by Gasteiger charge is 2.23. The molecule has 0 N–H and O–H groups in total. The van der Waals surface area contributed by atoms with E-state index in [1.54, 1.807) is 17.8 Å². The Bertz CT molecular complexity index is 785. The van der Waals surface area contributed by atoms with Gasteiger partial charge in [-0.1, -0.05) is 19.3 Å². The molecule has 1 saturated carbocycles. The molecule has 7 heteroatoms. The van der Waals surface area contributed by atoms with Gasteiger partial charge >= 0.3 is 6.01 Å². The van der Waals surface area contributed by atoms with Crippen LogP contribution in [0.1, 0.15) is 56.7 Å². The summed E-state index contributed by atoms with van der Waals surface area (Å²) in [6, 6.07) is 0.384. The highest BCUT2D eigenvalue weighted by molar-refractivity contribution is 5.43. The van der Waals surface area contributed by atoms with Crippen LogP contribution in [0.2, 0.25) is 0 Å². The molecule has 2 fully saturated rings. The van der Waals surface area contributed by atoms with Gasteiger partial charge in [-0.05, 0) is 31.6 Å². The largest absolute Gasteiger partial charge is 0.463 e. The summed E-state index contributed by atoms with van der Waals surface area (Å²) in [6.45, 7) is 2.10. The van der Waals surface area contributed by atoms with E-state index in [0.29, 0.717) is 24.1 Å². The summed E-state index contributed by atoms with van der Waals surface area (Å²) in [4.78, 5) is 17.1. The van der Waals surface area contributed by atoms with Gasteiger partial charge < -0.3 is 9.47 Å². The van der Waals surface area contributed by atoms with Gasteiger partial charge in [0.25, 0.3) is 5.56 Å². The van der Waals surface area contributed by atoms with Gasteiger partial charge in [-0.3, -0.25) is 9.36 Å². The maximum absolute atomic E-state index is 12.7. The Labute approximate surface area is 147 Å². The predicted octanol–water partition coefficient (Wildman–Crippen LogP) is 2.28. The van der Waals surface area contributed by atoms with Gasteiger partial charge in [-0.25, -0.2) is 9.50 Å². The molecule has 0 radical (unpaired) electrons. The van der Waals surface area contributed by atoms with Gasteiger partial charge in [0.2, 0.25) is 0 Å². The van der Waals surface area contributed by atoms with E-state index in [1.807, 2.05) is 0 Å². The summed E-state index contributed by atoms with van der Waals surface area (Å²) in [7, 11) is 1.71. The van der Waals surface area contributed by atoms with Crippen molar-refractivity contribution in [1.82, 2.24) is 19.2 Å². The van der Waals surface area contributed by atoms with Crippen molar-refractivity contribution in [2.75, 3.05) is 19.8 Å². The van der Waals surface area contributed by atoms with Crippen molar-refractivity contribution in [3.63, 3.8) is 0 Å². The van der Waals surface area contributed by atoms with Crippen LogP contribution in [0.25, 0.3) is 5.52 Å². The van der Waals surface area contributed by atoms with Crippen LogP contribution in [0, 0.1) is 5.92 Å². The van der Waals surface area contributed by atoms with Crippen LogP contribution in [0.4, 0.5) is 0 Å². The molecule has 7 nitrogen and oxygen atoms in total. The van der Waals surface area contributed by atoms with Gasteiger partial charge in [0.1, 0.15) is 5.82 Å². The maximum atomic E-state index is 12.7. The molecule has 136 valence electrons. The van der Waals surface area contributed by atoms with Crippen LogP contribution in [-0.2, 0) is 11.8 Å². The SMILES string of the molecule is Cn1c(OCC2CCCCC2)nn2c(C3CCOCC3)ncc2c1=O. The maximum Gasteiger partial charge on any atom is 0.316 e. The third kappa shape index (κ3) is 3.29. The van der Waals surface area contributed by atoms with E-state index < -0.39 is 0 Å². The van der Waals surface area contributed by atoms with Crippen molar-refractivity contribution in [1.29, 1.82) is 0 Å². The first kappa shape index (κ1) is 16.6. The second-order valence-corrected chi connectivity index (χ2v) is 7.26. The Morgan fingerprint density at radius 2 is 1.96 bits per heavy atom. The van der Waals surface area contributed by atoms with Gasteiger partial charge in [0.15, 0.2) is 5.52 Å². The fourth-order valence-electron chi connectivity index (χ4n) is 3.93. The van der Waals surface area contributed by atoms with Crippen LogP contribution in [0.5, 0.6) is 6.01 Å². The molecule has 0 bridgehead atoms. The Balaban J connectivity index is 1.62. The van der Waals surface area contributed by atoms with E-state index in [9.17, 15) is 4.79 Å². The Kier molecular flexibility index (Phi) is 4.74. The number of aromatic nitrogens is 4. The lowest BCUT2D eigenvalue weighted by Crippen LogP contribution is -2.26. The second kappa shape index (κ2) is 7.15. The van der Waals surface area contributed by atoms with Gasteiger partial charge in [-0.2, -0.15) is 0 Å². The summed E-state index contributed by atoms with van der Waals surface area (Å²) in [6.07, 6.45) is 9.73. The van der Waals surface area contributed by atoms with E-state index in [-0.39, 0.29) is 11.5 Å². The molecule has 4 rings (SSSR count). The minimum Gasteiger partial charge on any atom is -0.463 e. The molecule has 0 unspecified atom stereocenters. The van der Waals surface area contributed by atoms with Crippen molar-refractivity contribution >= 4 is 5.52 Å². The summed E-state index contributed by atoms with van der Waals surface area (Å²) >= 11 is 0. The van der Waals surface area contributed by atoms with Crippen LogP contribution in [0.3, 0.4) is 0 Å². The molecule has 25 heavy (non-hydrogen) atoms. The lowest BCUT2D eigenvalue weighted by Gasteiger charge is -2.22. The van der Waals surface area contributed by atoms with Crippen LogP contribution in [-0.4, -0.2) is 39.0 Å². The van der Waals surface area contributed by atoms with Crippen LogP contribution < -0.4 is 10.3 Å². The van der Waals surface area contributed by atoms with Crippen LogP contribution in [0.15, 0.2) is 11.0 Å². The van der Waals surface area contributed by atoms with E-state index in [4.69, 9.17) is 9.47 Å². The summed E-state index contributed by atoms with van der Waals surface area (Å²) in [5.74, 6) is 1.69. The third-order valence-corrected chi connectivity index (χ3v) is 5.52. The first-order valence-electron chi connectivity index (χ1n) is 9.39. The fourth-order valence-corrected chi connectivity index (χ4v) is 3.93. The molecule has 0 spiro atoms. The lowest BCUT2D eigenvalue weighted by atomic mass is 9.90. The lowest BCUT2D eigenvalue weighted by molar-refractivity contribution is 0.0831. The standard InChI is InChI=1S/C18H26N4O3/c1-21-17(23)15-11-19-16(14-7-9-24-10-8-14)22(15)20-18(21)25-12-13-5-3-2-4-6-13/h11,13-14H,2-10,12H2,1H3. The molecular formula is C18H26N4O3. The highest BCUT2D eigenvalue weighted by Crippen LogP contribution is 2.26. The van der Waals surface area contributed by atoms with Crippen molar-refractivity contribution in [2.24, 2.45) is 13.0 Å². The highest BCUT2D eigenvalue weighted by atomic mass is 16.5. The predicted molar refractivity (Wildman–Crippen MR) is 93.1 cm³/mol. The van der Waals surface area contributed by atoms with Gasteiger partial charge in [-0.15, -0.1) is 5.10 Å². The van der Waals surface area contributed by atoms with Crippen molar-refractivity contribution in [2.45, 2.75) is 50.9 Å². The molecule has 2 aromatic rings. The number of imidazole rings is 1. The molecule has 0 atom stereocenters.